The predicted octanol–water partition coefficient (Wildman–Crippen LogP) is 1.81. The maximum absolute atomic E-state index is 3.27. The number of hydrogen-bond acceptors (Lipinski definition) is 0. The molecule has 0 aromatic carbocycles. The molecular formula is C12H16N2Si. The van der Waals surface area contributed by atoms with Crippen LogP contribution in [0.15, 0.2) is 48.8 Å². The summed E-state index contributed by atoms with van der Waals surface area (Å²) < 4.78 is 0. The van der Waals surface area contributed by atoms with Crippen LogP contribution in [-0.2, 0) is 0 Å². The molecule has 0 aliphatic carbocycles. The van der Waals surface area contributed by atoms with Crippen molar-refractivity contribution >= 4 is 10.2 Å². The van der Waals surface area contributed by atoms with Gasteiger partial charge in [0.1, 0.15) is 0 Å². The Hall–Kier alpha value is -1.48. The van der Waals surface area contributed by atoms with Crippen LogP contribution in [0.1, 0.15) is 17.3 Å². The lowest BCUT2D eigenvalue weighted by Crippen LogP contribution is -1.98. The number of rotatable bonds is 4. The SMILES string of the molecule is [SiH3]CC=CC(c1ccc[nH]1)c1ccc[nH]1. The van der Waals surface area contributed by atoms with E-state index >= 15 is 0 Å². The van der Waals surface area contributed by atoms with Gasteiger partial charge >= 0.3 is 0 Å². The summed E-state index contributed by atoms with van der Waals surface area (Å²) in [5.41, 5.74) is 2.48. The second-order valence-electron chi connectivity index (χ2n) is 3.56. The second kappa shape index (κ2) is 4.84. The topological polar surface area (TPSA) is 31.6 Å². The van der Waals surface area contributed by atoms with Crippen LogP contribution in [0, 0.1) is 0 Å². The number of nitrogens with one attached hydrogen (secondary N) is 2. The molecule has 15 heavy (non-hydrogen) atoms. The van der Waals surface area contributed by atoms with Crippen LogP contribution in [0.2, 0.25) is 6.04 Å². The van der Waals surface area contributed by atoms with Gasteiger partial charge < -0.3 is 9.97 Å². The van der Waals surface area contributed by atoms with Crippen LogP contribution >= 0.6 is 0 Å². The number of H-pyrrole nitrogens is 2. The van der Waals surface area contributed by atoms with E-state index < -0.39 is 0 Å². The number of aromatic nitrogens is 2. The average Bonchev–Trinajstić information content (AvgIpc) is 2.90. The van der Waals surface area contributed by atoms with Crippen LogP contribution in [0.4, 0.5) is 0 Å². The molecule has 2 aromatic heterocycles. The fourth-order valence-electron chi connectivity index (χ4n) is 1.72. The van der Waals surface area contributed by atoms with Crippen LogP contribution in [-0.4, -0.2) is 20.2 Å². The summed E-state index contributed by atoms with van der Waals surface area (Å²) >= 11 is 0. The molecule has 2 heterocycles. The van der Waals surface area contributed by atoms with Crippen LogP contribution in [0.5, 0.6) is 0 Å². The highest BCUT2D eigenvalue weighted by molar-refractivity contribution is 6.09. The first-order chi connectivity index (χ1) is 7.42. The van der Waals surface area contributed by atoms with Crippen LogP contribution in [0.25, 0.3) is 0 Å². The molecule has 2 aromatic rings. The Morgan fingerprint density at radius 1 is 1.13 bits per heavy atom. The largest absolute Gasteiger partial charge is 0.364 e. The van der Waals surface area contributed by atoms with E-state index in [1.54, 1.807) is 0 Å². The van der Waals surface area contributed by atoms with Crippen molar-refractivity contribution in [3.8, 4) is 0 Å². The summed E-state index contributed by atoms with van der Waals surface area (Å²) in [5, 5.41) is 0. The van der Waals surface area contributed by atoms with Gasteiger partial charge in [0.05, 0.1) is 5.92 Å². The minimum Gasteiger partial charge on any atom is -0.364 e. The van der Waals surface area contributed by atoms with E-state index in [1.807, 2.05) is 24.5 Å². The normalized spacial score (nSPS) is 11.8. The zero-order valence-corrected chi connectivity index (χ0v) is 10.9. The minimum absolute atomic E-state index is 0.337. The fourth-order valence-corrected chi connectivity index (χ4v) is 1.99. The van der Waals surface area contributed by atoms with Crippen molar-refractivity contribution in [1.29, 1.82) is 0 Å². The van der Waals surface area contributed by atoms with Crippen LogP contribution < -0.4 is 0 Å². The van der Waals surface area contributed by atoms with E-state index in [1.165, 1.54) is 27.7 Å². The highest BCUT2D eigenvalue weighted by Crippen LogP contribution is 2.23. The predicted molar refractivity (Wildman–Crippen MR) is 67.3 cm³/mol. The summed E-state index contributed by atoms with van der Waals surface area (Å²) in [6.45, 7) is 0. The summed E-state index contributed by atoms with van der Waals surface area (Å²) in [7, 11) is 1.23. The van der Waals surface area contributed by atoms with E-state index in [0.29, 0.717) is 5.92 Å². The molecule has 3 heteroatoms. The first kappa shape index (κ1) is 10.0. The van der Waals surface area contributed by atoms with Gasteiger partial charge in [0.25, 0.3) is 0 Å². The molecule has 0 spiro atoms. The molecule has 0 fully saturated rings. The Kier molecular flexibility index (Phi) is 3.24. The van der Waals surface area contributed by atoms with Gasteiger partial charge in [-0.2, -0.15) is 0 Å². The molecular weight excluding hydrogens is 200 g/mol. The Bertz CT molecular complexity index is 367. The van der Waals surface area contributed by atoms with E-state index in [2.05, 4.69) is 34.3 Å². The number of aromatic amines is 2. The third-order valence-corrected chi connectivity index (χ3v) is 2.95. The maximum atomic E-state index is 3.27. The van der Waals surface area contributed by atoms with Crippen molar-refractivity contribution in [3.05, 3.63) is 60.2 Å². The zero-order chi connectivity index (χ0) is 10.5. The lowest BCUT2D eigenvalue weighted by molar-refractivity contribution is 0.930. The van der Waals surface area contributed by atoms with E-state index in [9.17, 15) is 0 Å². The van der Waals surface area contributed by atoms with E-state index in [0.717, 1.165) is 0 Å². The molecule has 0 unspecified atom stereocenters. The summed E-state index contributed by atoms with van der Waals surface area (Å²) in [6, 6.07) is 9.55. The summed E-state index contributed by atoms with van der Waals surface area (Å²) in [5.74, 6) is 0.337. The Morgan fingerprint density at radius 3 is 2.13 bits per heavy atom. The third-order valence-electron chi connectivity index (χ3n) is 2.48. The Labute approximate surface area is 92.8 Å². The quantitative estimate of drug-likeness (QED) is 0.577. The molecule has 0 saturated heterocycles. The number of allylic oxidation sites excluding steroid dienone is 2. The smallest absolute Gasteiger partial charge is 0.0571 e. The molecule has 0 amide bonds. The first-order valence-corrected chi connectivity index (χ1v) is 6.76. The summed E-state index contributed by atoms with van der Waals surface area (Å²) in [6.07, 6.45) is 8.48. The van der Waals surface area contributed by atoms with Gasteiger partial charge in [-0.1, -0.05) is 12.2 Å². The molecule has 78 valence electrons. The van der Waals surface area contributed by atoms with Gasteiger partial charge in [-0.25, -0.2) is 0 Å². The van der Waals surface area contributed by atoms with Crippen molar-refractivity contribution in [2.45, 2.75) is 12.0 Å². The standard InChI is InChI=1S/C12H16N2Si/c15-9-3-4-10(11-5-1-7-13-11)12-6-2-8-14-12/h1-8,10,13-14H,9H2,15H3. The first-order valence-electron chi connectivity index (χ1n) is 5.35. The fraction of sp³-hybridized carbons (Fsp3) is 0.167. The van der Waals surface area contributed by atoms with Crippen molar-refractivity contribution < 1.29 is 0 Å². The molecule has 0 radical (unpaired) electrons. The molecule has 0 saturated carbocycles. The molecule has 0 aliphatic heterocycles. The zero-order valence-electron chi connectivity index (χ0n) is 8.90. The van der Waals surface area contributed by atoms with Crippen molar-refractivity contribution in [3.63, 3.8) is 0 Å². The molecule has 2 nitrogen and oxygen atoms in total. The Balaban J connectivity index is 2.29. The molecule has 2 rings (SSSR count). The molecule has 0 atom stereocenters. The lowest BCUT2D eigenvalue weighted by Gasteiger charge is -2.09. The van der Waals surface area contributed by atoms with Gasteiger partial charge in [0.2, 0.25) is 0 Å². The third kappa shape index (κ3) is 2.30. The Morgan fingerprint density at radius 2 is 1.73 bits per heavy atom. The van der Waals surface area contributed by atoms with Gasteiger partial charge in [-0.15, -0.1) is 0 Å². The van der Waals surface area contributed by atoms with Crippen molar-refractivity contribution in [2.75, 3.05) is 0 Å². The lowest BCUT2D eigenvalue weighted by atomic mass is 10.0. The van der Waals surface area contributed by atoms with Gasteiger partial charge in [0.15, 0.2) is 0 Å². The minimum atomic E-state index is 0.337. The van der Waals surface area contributed by atoms with Gasteiger partial charge in [0, 0.05) is 34.0 Å². The van der Waals surface area contributed by atoms with Crippen LogP contribution in [0.3, 0.4) is 0 Å². The average molecular weight is 216 g/mol. The van der Waals surface area contributed by atoms with Crippen molar-refractivity contribution in [1.82, 2.24) is 9.97 Å². The van der Waals surface area contributed by atoms with Gasteiger partial charge in [-0.3, -0.25) is 0 Å². The van der Waals surface area contributed by atoms with Crippen molar-refractivity contribution in [2.24, 2.45) is 0 Å². The van der Waals surface area contributed by atoms with E-state index in [4.69, 9.17) is 0 Å². The van der Waals surface area contributed by atoms with Gasteiger partial charge in [-0.05, 0) is 30.3 Å². The highest BCUT2D eigenvalue weighted by atomic mass is 28.1. The number of hydrogen-bond donors (Lipinski definition) is 2. The monoisotopic (exact) mass is 216 g/mol. The molecule has 2 N–H and O–H groups in total. The summed E-state index contributed by atoms with van der Waals surface area (Å²) in [4.78, 5) is 6.55. The second-order valence-corrected chi connectivity index (χ2v) is 4.38. The maximum Gasteiger partial charge on any atom is 0.0571 e. The molecule has 0 bridgehead atoms. The molecule has 0 aliphatic rings. The van der Waals surface area contributed by atoms with E-state index in [-0.39, 0.29) is 0 Å². The highest BCUT2D eigenvalue weighted by Gasteiger charge is 2.11.